The zero-order valence-corrected chi connectivity index (χ0v) is 10.3. The van der Waals surface area contributed by atoms with Crippen LogP contribution >= 0.6 is 0 Å². The smallest absolute Gasteiger partial charge is 0.310 e. The Morgan fingerprint density at radius 3 is 2.89 bits per heavy atom. The van der Waals surface area contributed by atoms with Crippen molar-refractivity contribution in [1.82, 2.24) is 4.90 Å². The molecule has 0 spiro atoms. The number of methoxy groups -OCH3 is 1. The van der Waals surface area contributed by atoms with E-state index in [1.54, 1.807) is 29.2 Å². The molecule has 0 saturated carbocycles. The Labute approximate surface area is 106 Å². The van der Waals surface area contributed by atoms with Crippen molar-refractivity contribution in [2.24, 2.45) is 5.92 Å². The molecule has 0 radical (unpaired) electrons. The van der Waals surface area contributed by atoms with Crippen molar-refractivity contribution in [3.8, 4) is 0 Å². The number of likely N-dealkylation sites (tertiary alicyclic amines) is 1. The van der Waals surface area contributed by atoms with E-state index in [0.29, 0.717) is 30.8 Å². The van der Waals surface area contributed by atoms with Crippen LogP contribution in [0, 0.1) is 5.92 Å². The summed E-state index contributed by atoms with van der Waals surface area (Å²) in [4.78, 5) is 25.2. The number of carbonyl (C=O) groups excluding carboxylic acids is 2. The molecule has 1 aromatic rings. The van der Waals surface area contributed by atoms with E-state index in [-0.39, 0.29) is 17.8 Å². The average Bonchev–Trinajstić information content (AvgIpc) is 2.86. The van der Waals surface area contributed by atoms with Crippen LogP contribution < -0.4 is 5.73 Å². The summed E-state index contributed by atoms with van der Waals surface area (Å²) in [7, 11) is 1.37. The minimum Gasteiger partial charge on any atom is -0.469 e. The van der Waals surface area contributed by atoms with Gasteiger partial charge in [0.15, 0.2) is 0 Å². The van der Waals surface area contributed by atoms with Crippen LogP contribution in [0.15, 0.2) is 24.3 Å². The SMILES string of the molecule is COC(=O)C1CCN(C(=O)c2cccc(N)c2)C1. The van der Waals surface area contributed by atoms with Crippen molar-refractivity contribution in [1.29, 1.82) is 0 Å². The lowest BCUT2D eigenvalue weighted by Gasteiger charge is -2.16. The van der Waals surface area contributed by atoms with Gasteiger partial charge in [-0.3, -0.25) is 9.59 Å². The molecule has 5 heteroatoms. The molecular formula is C13H16N2O3. The molecule has 1 heterocycles. The number of ether oxygens (including phenoxy) is 1. The van der Waals surface area contributed by atoms with Gasteiger partial charge in [-0.1, -0.05) is 6.07 Å². The summed E-state index contributed by atoms with van der Waals surface area (Å²) in [6.45, 7) is 0.994. The molecule has 0 aliphatic carbocycles. The number of benzene rings is 1. The molecular weight excluding hydrogens is 232 g/mol. The van der Waals surface area contributed by atoms with Gasteiger partial charge >= 0.3 is 5.97 Å². The molecule has 0 bridgehead atoms. The maximum absolute atomic E-state index is 12.2. The van der Waals surface area contributed by atoms with Gasteiger partial charge in [-0.15, -0.1) is 0 Å². The number of anilines is 1. The number of hydrogen-bond acceptors (Lipinski definition) is 4. The van der Waals surface area contributed by atoms with E-state index in [4.69, 9.17) is 10.5 Å². The van der Waals surface area contributed by atoms with Gasteiger partial charge in [-0.05, 0) is 24.6 Å². The third-order valence-electron chi connectivity index (χ3n) is 3.14. The second kappa shape index (κ2) is 5.08. The lowest BCUT2D eigenvalue weighted by atomic mass is 10.1. The number of hydrogen-bond donors (Lipinski definition) is 1. The number of nitrogens with two attached hydrogens (primary N) is 1. The highest BCUT2D eigenvalue weighted by Gasteiger charge is 2.32. The van der Waals surface area contributed by atoms with E-state index in [0.717, 1.165) is 0 Å². The fourth-order valence-corrected chi connectivity index (χ4v) is 2.16. The largest absolute Gasteiger partial charge is 0.469 e. The molecule has 1 fully saturated rings. The zero-order valence-electron chi connectivity index (χ0n) is 10.3. The number of rotatable bonds is 2. The first-order chi connectivity index (χ1) is 8.61. The summed E-state index contributed by atoms with van der Waals surface area (Å²) < 4.78 is 4.69. The summed E-state index contributed by atoms with van der Waals surface area (Å²) in [6.07, 6.45) is 0.654. The molecule has 2 N–H and O–H groups in total. The Morgan fingerprint density at radius 1 is 1.44 bits per heavy atom. The van der Waals surface area contributed by atoms with Gasteiger partial charge in [0.25, 0.3) is 5.91 Å². The van der Waals surface area contributed by atoms with Gasteiger partial charge in [0.05, 0.1) is 13.0 Å². The molecule has 1 amide bonds. The molecule has 1 aliphatic heterocycles. The Hall–Kier alpha value is -2.04. The second-order valence-electron chi connectivity index (χ2n) is 4.39. The van der Waals surface area contributed by atoms with Crippen molar-refractivity contribution < 1.29 is 14.3 Å². The molecule has 2 rings (SSSR count). The predicted molar refractivity (Wildman–Crippen MR) is 66.9 cm³/mol. The molecule has 96 valence electrons. The van der Waals surface area contributed by atoms with Gasteiger partial charge in [0, 0.05) is 24.3 Å². The number of nitrogens with zero attached hydrogens (tertiary/aromatic N) is 1. The van der Waals surface area contributed by atoms with Crippen molar-refractivity contribution in [3.05, 3.63) is 29.8 Å². The van der Waals surface area contributed by atoms with E-state index >= 15 is 0 Å². The van der Waals surface area contributed by atoms with Crippen LogP contribution in [0.4, 0.5) is 5.69 Å². The summed E-state index contributed by atoms with van der Waals surface area (Å²) in [5.74, 6) is -0.549. The molecule has 18 heavy (non-hydrogen) atoms. The highest BCUT2D eigenvalue weighted by atomic mass is 16.5. The van der Waals surface area contributed by atoms with Crippen molar-refractivity contribution in [2.75, 3.05) is 25.9 Å². The standard InChI is InChI=1S/C13H16N2O3/c1-18-13(17)10-5-6-15(8-10)12(16)9-3-2-4-11(14)7-9/h2-4,7,10H,5-6,8,14H2,1H3. The zero-order chi connectivity index (χ0) is 13.1. The van der Waals surface area contributed by atoms with E-state index in [9.17, 15) is 9.59 Å². The molecule has 0 aromatic heterocycles. The fraction of sp³-hybridized carbons (Fsp3) is 0.385. The lowest BCUT2D eigenvalue weighted by molar-refractivity contribution is -0.144. The van der Waals surface area contributed by atoms with E-state index in [1.165, 1.54) is 7.11 Å². The predicted octanol–water partition coefficient (Wildman–Crippen LogP) is 0.904. The summed E-state index contributed by atoms with van der Waals surface area (Å²) in [5.41, 5.74) is 6.76. The maximum Gasteiger partial charge on any atom is 0.310 e. The normalized spacial score (nSPS) is 18.7. The molecule has 1 saturated heterocycles. The van der Waals surface area contributed by atoms with Crippen LogP contribution in [0.25, 0.3) is 0 Å². The first-order valence-corrected chi connectivity index (χ1v) is 5.84. The molecule has 5 nitrogen and oxygen atoms in total. The van der Waals surface area contributed by atoms with E-state index < -0.39 is 0 Å². The van der Waals surface area contributed by atoms with Crippen LogP contribution in [0.2, 0.25) is 0 Å². The van der Waals surface area contributed by atoms with Crippen molar-refractivity contribution in [2.45, 2.75) is 6.42 Å². The highest BCUT2D eigenvalue weighted by molar-refractivity contribution is 5.95. The van der Waals surface area contributed by atoms with Gasteiger partial charge < -0.3 is 15.4 Å². The van der Waals surface area contributed by atoms with Gasteiger partial charge in [0.2, 0.25) is 0 Å². The lowest BCUT2D eigenvalue weighted by Crippen LogP contribution is -2.30. The Balaban J connectivity index is 2.06. The minimum absolute atomic E-state index is 0.0892. The van der Waals surface area contributed by atoms with E-state index in [2.05, 4.69) is 0 Å². The van der Waals surface area contributed by atoms with Gasteiger partial charge in [0.1, 0.15) is 0 Å². The number of carbonyl (C=O) groups is 2. The molecule has 1 unspecified atom stereocenters. The monoisotopic (exact) mass is 248 g/mol. The first-order valence-electron chi connectivity index (χ1n) is 5.84. The van der Waals surface area contributed by atoms with Crippen LogP contribution in [-0.2, 0) is 9.53 Å². The van der Waals surface area contributed by atoms with Crippen LogP contribution in [0.3, 0.4) is 0 Å². The Kier molecular flexibility index (Phi) is 3.50. The van der Waals surface area contributed by atoms with Crippen LogP contribution in [0.1, 0.15) is 16.8 Å². The quantitative estimate of drug-likeness (QED) is 0.623. The average molecular weight is 248 g/mol. The first kappa shape index (κ1) is 12.4. The topological polar surface area (TPSA) is 72.6 Å². The summed E-state index contributed by atoms with van der Waals surface area (Å²) in [6, 6.07) is 6.85. The third kappa shape index (κ3) is 2.45. The maximum atomic E-state index is 12.2. The van der Waals surface area contributed by atoms with Crippen LogP contribution in [0.5, 0.6) is 0 Å². The Bertz CT molecular complexity index is 473. The number of nitrogen functional groups attached to an aromatic ring is 1. The van der Waals surface area contributed by atoms with Crippen LogP contribution in [-0.4, -0.2) is 37.0 Å². The van der Waals surface area contributed by atoms with Gasteiger partial charge in [-0.2, -0.15) is 0 Å². The number of esters is 1. The van der Waals surface area contributed by atoms with Crippen molar-refractivity contribution >= 4 is 17.6 Å². The highest BCUT2D eigenvalue weighted by Crippen LogP contribution is 2.20. The van der Waals surface area contributed by atoms with E-state index in [1.807, 2.05) is 0 Å². The Morgan fingerprint density at radius 2 is 2.22 bits per heavy atom. The van der Waals surface area contributed by atoms with Crippen molar-refractivity contribution in [3.63, 3.8) is 0 Å². The number of amides is 1. The summed E-state index contributed by atoms with van der Waals surface area (Å²) in [5, 5.41) is 0. The fourth-order valence-electron chi connectivity index (χ4n) is 2.16. The van der Waals surface area contributed by atoms with Gasteiger partial charge in [-0.25, -0.2) is 0 Å². The molecule has 1 aromatic carbocycles. The summed E-state index contributed by atoms with van der Waals surface area (Å²) >= 11 is 0. The third-order valence-corrected chi connectivity index (χ3v) is 3.14. The molecule has 1 aliphatic rings. The second-order valence-corrected chi connectivity index (χ2v) is 4.39. The minimum atomic E-state index is -0.252. The molecule has 1 atom stereocenters.